The summed E-state index contributed by atoms with van der Waals surface area (Å²) in [5.41, 5.74) is 0.900. The minimum Gasteiger partial charge on any atom is -0.497 e. The number of nitrogens with one attached hydrogen (secondary N) is 2. The molecule has 2 rings (SSSR count). The van der Waals surface area contributed by atoms with Crippen molar-refractivity contribution >= 4 is 5.96 Å². The molecule has 1 aliphatic rings. The summed E-state index contributed by atoms with van der Waals surface area (Å²) >= 11 is 0. The lowest BCUT2D eigenvalue weighted by Gasteiger charge is -2.08. The highest BCUT2D eigenvalue weighted by molar-refractivity contribution is 5.76. The third kappa shape index (κ3) is 2.77. The van der Waals surface area contributed by atoms with E-state index in [0.29, 0.717) is 24.0 Å². The van der Waals surface area contributed by atoms with E-state index >= 15 is 0 Å². The second-order valence-corrected chi connectivity index (χ2v) is 3.98. The van der Waals surface area contributed by atoms with Gasteiger partial charge in [-0.2, -0.15) is 0 Å². The molecular formula is C12H18N3O3+. The van der Waals surface area contributed by atoms with Crippen LogP contribution in [0.1, 0.15) is 5.56 Å². The maximum Gasteiger partial charge on any atom is 0.382 e. The lowest BCUT2D eigenvalue weighted by atomic mass is 10.2. The Hall–Kier alpha value is -2.11. The molecule has 0 atom stereocenters. The van der Waals surface area contributed by atoms with Crippen molar-refractivity contribution in [2.24, 2.45) is 0 Å². The molecule has 0 aliphatic carbocycles. The molecule has 98 valence electrons. The lowest BCUT2D eigenvalue weighted by molar-refractivity contribution is -0.788. The Kier molecular flexibility index (Phi) is 3.76. The first-order valence-electron chi connectivity index (χ1n) is 5.76. The average molecular weight is 252 g/mol. The molecule has 0 bridgehead atoms. The quantitative estimate of drug-likeness (QED) is 0.404. The Morgan fingerprint density at radius 2 is 1.67 bits per heavy atom. The molecule has 1 aliphatic heterocycles. The van der Waals surface area contributed by atoms with Crippen LogP contribution in [0.15, 0.2) is 18.2 Å². The molecule has 1 aromatic rings. The summed E-state index contributed by atoms with van der Waals surface area (Å²) in [6, 6.07) is 5.52. The summed E-state index contributed by atoms with van der Waals surface area (Å²) in [5.74, 6) is 2.03. The summed E-state index contributed by atoms with van der Waals surface area (Å²) in [5, 5.41) is 16.0. The second kappa shape index (κ2) is 5.48. The monoisotopic (exact) mass is 252 g/mol. The van der Waals surface area contributed by atoms with Crippen molar-refractivity contribution < 1.29 is 19.4 Å². The molecule has 0 radical (unpaired) electrons. The highest BCUT2D eigenvalue weighted by Gasteiger charge is 2.18. The average Bonchev–Trinajstić information content (AvgIpc) is 2.92. The van der Waals surface area contributed by atoms with Crippen molar-refractivity contribution in [1.82, 2.24) is 10.6 Å². The molecule has 1 fully saturated rings. The summed E-state index contributed by atoms with van der Waals surface area (Å²) in [4.78, 5) is 0. The Morgan fingerprint density at radius 3 is 2.17 bits per heavy atom. The largest absolute Gasteiger partial charge is 0.497 e. The Labute approximate surface area is 106 Å². The maximum absolute atomic E-state index is 9.92. The number of rotatable bonds is 4. The van der Waals surface area contributed by atoms with Gasteiger partial charge >= 0.3 is 5.96 Å². The molecule has 1 saturated heterocycles. The smallest absolute Gasteiger partial charge is 0.382 e. The molecule has 1 heterocycles. The fourth-order valence-electron chi connectivity index (χ4n) is 1.82. The van der Waals surface area contributed by atoms with E-state index in [2.05, 4.69) is 10.6 Å². The second-order valence-electron chi connectivity index (χ2n) is 3.98. The summed E-state index contributed by atoms with van der Waals surface area (Å²) in [7, 11) is 3.20. The van der Waals surface area contributed by atoms with Crippen LogP contribution < -0.4 is 20.1 Å². The zero-order valence-electron chi connectivity index (χ0n) is 10.6. The summed E-state index contributed by atoms with van der Waals surface area (Å²) in [6.45, 7) is 1.98. The lowest BCUT2D eigenvalue weighted by Crippen LogP contribution is -2.34. The molecule has 18 heavy (non-hydrogen) atoms. The number of hydrogen-bond acceptors (Lipinski definition) is 3. The molecule has 6 nitrogen and oxygen atoms in total. The van der Waals surface area contributed by atoms with E-state index in [1.54, 1.807) is 20.3 Å². The van der Waals surface area contributed by atoms with E-state index in [4.69, 9.17) is 9.47 Å². The molecule has 1 aromatic carbocycles. The van der Waals surface area contributed by atoms with Crippen LogP contribution in [0.25, 0.3) is 0 Å². The first-order chi connectivity index (χ1) is 8.72. The van der Waals surface area contributed by atoms with Gasteiger partial charge in [-0.25, -0.2) is 0 Å². The first-order valence-corrected chi connectivity index (χ1v) is 5.76. The Bertz CT molecular complexity index is 430. The van der Waals surface area contributed by atoms with Crippen LogP contribution in [-0.4, -0.2) is 43.2 Å². The van der Waals surface area contributed by atoms with Gasteiger partial charge in [-0.1, -0.05) is 4.74 Å². The van der Waals surface area contributed by atoms with Crippen LogP contribution in [0.3, 0.4) is 0 Å². The highest BCUT2D eigenvalue weighted by atomic mass is 16.5. The number of guanidine groups is 1. The van der Waals surface area contributed by atoms with Gasteiger partial charge in [0.25, 0.3) is 0 Å². The molecule has 0 spiro atoms. The molecular weight excluding hydrogens is 234 g/mol. The molecule has 0 aromatic heterocycles. The Balaban J connectivity index is 2.20. The molecule has 0 saturated carbocycles. The number of methoxy groups -OCH3 is 2. The van der Waals surface area contributed by atoms with Crippen molar-refractivity contribution in [1.29, 1.82) is 0 Å². The fraction of sp³-hybridized carbons (Fsp3) is 0.417. The maximum atomic E-state index is 9.92. The SMILES string of the molecule is COc1cc(C[N+](O)=C2NCCN2)cc(OC)c1. The van der Waals surface area contributed by atoms with Gasteiger partial charge in [0, 0.05) is 6.07 Å². The van der Waals surface area contributed by atoms with Crippen LogP contribution in [0.2, 0.25) is 0 Å². The van der Waals surface area contributed by atoms with Gasteiger partial charge in [-0.15, -0.1) is 0 Å². The summed E-state index contributed by atoms with van der Waals surface area (Å²) in [6.07, 6.45) is 0. The predicted octanol–water partition coefficient (Wildman–Crippen LogP) is 0.154. The fourth-order valence-corrected chi connectivity index (χ4v) is 1.82. The third-order valence-electron chi connectivity index (χ3n) is 2.71. The summed E-state index contributed by atoms with van der Waals surface area (Å²) < 4.78 is 11.5. The van der Waals surface area contributed by atoms with E-state index in [9.17, 15) is 5.21 Å². The third-order valence-corrected chi connectivity index (χ3v) is 2.71. The predicted molar refractivity (Wildman–Crippen MR) is 66.3 cm³/mol. The molecule has 0 amide bonds. The number of benzene rings is 1. The van der Waals surface area contributed by atoms with Gasteiger partial charge in [0.05, 0.1) is 27.3 Å². The number of ether oxygens (including phenoxy) is 2. The van der Waals surface area contributed by atoms with Gasteiger partial charge in [0.15, 0.2) is 0 Å². The van der Waals surface area contributed by atoms with E-state index < -0.39 is 0 Å². The van der Waals surface area contributed by atoms with Crippen molar-refractivity contribution in [3.63, 3.8) is 0 Å². The zero-order valence-corrected chi connectivity index (χ0v) is 10.6. The van der Waals surface area contributed by atoms with Gasteiger partial charge < -0.3 is 14.7 Å². The zero-order chi connectivity index (χ0) is 13.0. The van der Waals surface area contributed by atoms with E-state index in [-0.39, 0.29) is 0 Å². The highest BCUT2D eigenvalue weighted by Crippen LogP contribution is 2.22. The van der Waals surface area contributed by atoms with E-state index in [1.165, 1.54) is 0 Å². The number of hydrogen-bond donors (Lipinski definition) is 3. The van der Waals surface area contributed by atoms with Crippen molar-refractivity contribution in [3.05, 3.63) is 23.8 Å². The van der Waals surface area contributed by atoms with Gasteiger partial charge in [0.1, 0.15) is 18.0 Å². The van der Waals surface area contributed by atoms with Crippen LogP contribution in [0.4, 0.5) is 0 Å². The van der Waals surface area contributed by atoms with Gasteiger partial charge in [-0.3, -0.25) is 10.6 Å². The normalized spacial score (nSPS) is 13.8. The molecule has 3 N–H and O–H groups in total. The molecule has 6 heteroatoms. The minimum atomic E-state index is 0.350. The number of nitrogens with zero attached hydrogens (tertiary/aromatic N) is 1. The first kappa shape index (κ1) is 12.3. The van der Waals surface area contributed by atoms with E-state index in [1.807, 2.05) is 12.1 Å². The van der Waals surface area contributed by atoms with Crippen LogP contribution in [0, 0.1) is 0 Å². The standard InChI is InChI=1S/C12H17N3O3/c1-17-10-5-9(6-11(7-10)18-2)8-15(16)12-13-3-4-14-12/h5-7,16H,3-4,8H2,1-2H3,(H,13,14)/p+1. The van der Waals surface area contributed by atoms with Crippen molar-refractivity contribution in [2.75, 3.05) is 27.3 Å². The van der Waals surface area contributed by atoms with Crippen molar-refractivity contribution in [3.8, 4) is 11.5 Å². The minimum absolute atomic E-state index is 0.350. The van der Waals surface area contributed by atoms with Crippen molar-refractivity contribution in [2.45, 2.75) is 6.54 Å². The number of hydroxylamine groups is 1. The van der Waals surface area contributed by atoms with E-state index in [0.717, 1.165) is 23.4 Å². The van der Waals surface area contributed by atoms with Gasteiger partial charge in [-0.05, 0) is 17.7 Å². The van der Waals surface area contributed by atoms with Crippen LogP contribution in [0.5, 0.6) is 11.5 Å². The topological polar surface area (TPSA) is 65.8 Å². The molecule has 0 unspecified atom stereocenters. The Morgan fingerprint density at radius 1 is 1.11 bits per heavy atom. The van der Waals surface area contributed by atoms with Crippen LogP contribution in [-0.2, 0) is 6.54 Å². The van der Waals surface area contributed by atoms with Gasteiger partial charge in [0.2, 0.25) is 0 Å². The van der Waals surface area contributed by atoms with Crippen LogP contribution >= 0.6 is 0 Å².